The normalized spacial score (nSPS) is 18.5. The van der Waals surface area contributed by atoms with E-state index >= 15 is 0 Å². The topological polar surface area (TPSA) is 52.3 Å². The van der Waals surface area contributed by atoms with E-state index in [4.69, 9.17) is 22.1 Å². The molecule has 2 aromatic carbocycles. The first-order valence-electron chi connectivity index (χ1n) is 7.33. The van der Waals surface area contributed by atoms with Gasteiger partial charge in [0.1, 0.15) is 11.9 Å². The van der Waals surface area contributed by atoms with Gasteiger partial charge >= 0.3 is 6.09 Å². The average Bonchev–Trinajstić information content (AvgIpc) is 2.71. The number of primary amides is 1. The monoisotopic (exact) mass is 333 g/mol. The molecule has 0 spiro atoms. The van der Waals surface area contributed by atoms with Crippen molar-refractivity contribution in [3.05, 3.63) is 58.4 Å². The zero-order valence-electron chi connectivity index (χ0n) is 12.9. The van der Waals surface area contributed by atoms with Crippen LogP contribution < -0.4 is 5.73 Å². The Bertz CT molecular complexity index is 789. The van der Waals surface area contributed by atoms with Crippen molar-refractivity contribution < 1.29 is 13.9 Å². The molecule has 0 aliphatic heterocycles. The van der Waals surface area contributed by atoms with Crippen LogP contribution in [-0.2, 0) is 11.2 Å². The number of carbonyl (C=O) groups is 1. The molecule has 0 bridgehead atoms. The zero-order chi connectivity index (χ0) is 16.8. The maximum Gasteiger partial charge on any atom is 0.405 e. The predicted octanol–water partition coefficient (Wildman–Crippen LogP) is 4.86. The van der Waals surface area contributed by atoms with E-state index in [1.807, 2.05) is 32.0 Å². The van der Waals surface area contributed by atoms with Crippen LogP contribution in [0.1, 0.15) is 31.1 Å². The molecular weight excluding hydrogens is 317 g/mol. The van der Waals surface area contributed by atoms with Crippen LogP contribution in [-0.4, -0.2) is 6.09 Å². The number of carbonyl (C=O) groups excluding carboxylic acids is 1. The second-order valence-corrected chi connectivity index (χ2v) is 6.88. The number of benzene rings is 2. The number of ether oxygens (including phenoxy) is 1. The van der Waals surface area contributed by atoms with Gasteiger partial charge in [0, 0.05) is 11.0 Å². The van der Waals surface area contributed by atoms with Crippen LogP contribution in [0, 0.1) is 11.2 Å². The van der Waals surface area contributed by atoms with Crippen LogP contribution in [0.25, 0.3) is 11.1 Å². The van der Waals surface area contributed by atoms with Crippen LogP contribution in [0.2, 0.25) is 5.02 Å². The highest BCUT2D eigenvalue weighted by molar-refractivity contribution is 6.33. The number of hydrogen-bond donors (Lipinski definition) is 1. The first-order chi connectivity index (χ1) is 10.8. The van der Waals surface area contributed by atoms with Crippen molar-refractivity contribution in [1.29, 1.82) is 0 Å². The summed E-state index contributed by atoms with van der Waals surface area (Å²) in [5, 5.41) is 0.106. The lowest BCUT2D eigenvalue weighted by atomic mass is 9.87. The fourth-order valence-corrected chi connectivity index (χ4v) is 3.49. The summed E-state index contributed by atoms with van der Waals surface area (Å²) in [5.74, 6) is -0.445. The Morgan fingerprint density at radius 3 is 2.78 bits per heavy atom. The van der Waals surface area contributed by atoms with E-state index in [9.17, 15) is 9.18 Å². The van der Waals surface area contributed by atoms with Crippen LogP contribution in [0.3, 0.4) is 0 Å². The van der Waals surface area contributed by atoms with Crippen LogP contribution in [0.5, 0.6) is 0 Å². The van der Waals surface area contributed by atoms with Gasteiger partial charge in [-0.3, -0.25) is 0 Å². The molecule has 1 unspecified atom stereocenters. The van der Waals surface area contributed by atoms with Crippen molar-refractivity contribution >= 4 is 17.7 Å². The fourth-order valence-electron chi connectivity index (χ4n) is 3.25. The lowest BCUT2D eigenvalue weighted by Gasteiger charge is -2.26. The maximum atomic E-state index is 13.7. The van der Waals surface area contributed by atoms with Crippen LogP contribution in [0.4, 0.5) is 9.18 Å². The number of fused-ring (bicyclic) bond motifs is 1. The van der Waals surface area contributed by atoms with Crippen LogP contribution >= 0.6 is 11.6 Å². The molecule has 23 heavy (non-hydrogen) atoms. The van der Waals surface area contributed by atoms with Crippen molar-refractivity contribution in [3.63, 3.8) is 0 Å². The Kier molecular flexibility index (Phi) is 3.80. The van der Waals surface area contributed by atoms with E-state index in [1.54, 1.807) is 12.1 Å². The SMILES string of the molecule is CC1(C)Cc2cc(-c3cccc(F)c3Cl)ccc2C1OC(N)=O. The molecule has 2 N–H and O–H groups in total. The number of nitrogens with two attached hydrogens (primary N) is 1. The van der Waals surface area contributed by atoms with Gasteiger partial charge in [0.25, 0.3) is 0 Å². The van der Waals surface area contributed by atoms with Crippen molar-refractivity contribution in [2.75, 3.05) is 0 Å². The first kappa shape index (κ1) is 15.8. The number of hydrogen-bond acceptors (Lipinski definition) is 2. The number of halogens is 2. The summed E-state index contributed by atoms with van der Waals surface area (Å²) < 4.78 is 19.0. The molecule has 120 valence electrons. The molecule has 0 saturated heterocycles. The second kappa shape index (κ2) is 5.53. The van der Waals surface area contributed by atoms with E-state index in [-0.39, 0.29) is 16.5 Å². The summed E-state index contributed by atoms with van der Waals surface area (Å²) in [6, 6.07) is 10.5. The standard InChI is InChI=1S/C18H17ClFNO2/c1-18(2)9-11-8-10(12-4-3-5-14(20)15(12)19)6-7-13(11)16(18)23-17(21)22/h3-8,16H,9H2,1-2H3,(H2,21,22). The van der Waals surface area contributed by atoms with Crippen molar-refractivity contribution in [2.45, 2.75) is 26.4 Å². The summed E-state index contributed by atoms with van der Waals surface area (Å²) in [6.07, 6.45) is -0.429. The lowest BCUT2D eigenvalue weighted by molar-refractivity contribution is 0.0392. The number of rotatable bonds is 2. The molecule has 0 heterocycles. The maximum absolute atomic E-state index is 13.7. The summed E-state index contributed by atoms with van der Waals surface area (Å²) >= 11 is 6.07. The minimum absolute atomic E-state index is 0.106. The Morgan fingerprint density at radius 1 is 1.35 bits per heavy atom. The highest BCUT2D eigenvalue weighted by Crippen LogP contribution is 2.48. The lowest BCUT2D eigenvalue weighted by Crippen LogP contribution is -2.25. The van der Waals surface area contributed by atoms with E-state index < -0.39 is 11.9 Å². The Balaban J connectivity index is 2.05. The van der Waals surface area contributed by atoms with Gasteiger partial charge in [-0.15, -0.1) is 0 Å². The summed E-state index contributed by atoms with van der Waals surface area (Å²) in [4.78, 5) is 11.2. The van der Waals surface area contributed by atoms with Gasteiger partial charge in [0.15, 0.2) is 0 Å². The molecule has 5 heteroatoms. The smallest absolute Gasteiger partial charge is 0.405 e. The Labute approximate surface area is 139 Å². The molecule has 2 aromatic rings. The predicted molar refractivity (Wildman–Crippen MR) is 87.7 cm³/mol. The summed E-state index contributed by atoms with van der Waals surface area (Å²) in [5.41, 5.74) is 8.41. The molecule has 1 amide bonds. The minimum Gasteiger partial charge on any atom is -0.441 e. The molecule has 0 radical (unpaired) electrons. The third-order valence-electron chi connectivity index (χ3n) is 4.28. The first-order valence-corrected chi connectivity index (χ1v) is 7.71. The largest absolute Gasteiger partial charge is 0.441 e. The number of amides is 1. The highest BCUT2D eigenvalue weighted by atomic mass is 35.5. The van der Waals surface area contributed by atoms with E-state index in [0.29, 0.717) is 5.56 Å². The van der Waals surface area contributed by atoms with Gasteiger partial charge in [0.05, 0.1) is 5.02 Å². The Hall–Kier alpha value is -2.07. The summed E-state index contributed by atoms with van der Waals surface area (Å²) in [7, 11) is 0. The van der Waals surface area contributed by atoms with Gasteiger partial charge in [-0.1, -0.05) is 55.8 Å². The van der Waals surface area contributed by atoms with E-state index in [0.717, 1.165) is 23.1 Å². The van der Waals surface area contributed by atoms with Gasteiger partial charge in [0.2, 0.25) is 0 Å². The zero-order valence-corrected chi connectivity index (χ0v) is 13.7. The molecule has 3 nitrogen and oxygen atoms in total. The quantitative estimate of drug-likeness (QED) is 0.852. The molecule has 0 saturated carbocycles. The van der Waals surface area contributed by atoms with E-state index in [1.165, 1.54) is 6.07 Å². The minimum atomic E-state index is -0.784. The highest BCUT2D eigenvalue weighted by Gasteiger charge is 2.41. The van der Waals surface area contributed by atoms with E-state index in [2.05, 4.69) is 0 Å². The molecule has 0 aromatic heterocycles. The molecule has 0 fully saturated rings. The van der Waals surface area contributed by atoms with Crippen LogP contribution in [0.15, 0.2) is 36.4 Å². The average molecular weight is 334 g/mol. The third kappa shape index (κ3) is 2.79. The van der Waals surface area contributed by atoms with Gasteiger partial charge in [-0.05, 0) is 29.2 Å². The van der Waals surface area contributed by atoms with Crippen molar-refractivity contribution in [2.24, 2.45) is 11.1 Å². The van der Waals surface area contributed by atoms with Crippen molar-refractivity contribution in [1.82, 2.24) is 0 Å². The molecule has 1 aliphatic rings. The molecule has 1 atom stereocenters. The molecule has 1 aliphatic carbocycles. The van der Waals surface area contributed by atoms with Crippen molar-refractivity contribution in [3.8, 4) is 11.1 Å². The summed E-state index contributed by atoms with van der Waals surface area (Å²) in [6.45, 7) is 4.05. The Morgan fingerprint density at radius 2 is 2.09 bits per heavy atom. The second-order valence-electron chi connectivity index (χ2n) is 6.50. The van der Waals surface area contributed by atoms with Gasteiger partial charge in [-0.25, -0.2) is 9.18 Å². The molecule has 3 rings (SSSR count). The fraction of sp³-hybridized carbons (Fsp3) is 0.278. The van der Waals surface area contributed by atoms with Gasteiger partial charge in [-0.2, -0.15) is 0 Å². The van der Waals surface area contributed by atoms with Gasteiger partial charge < -0.3 is 10.5 Å². The third-order valence-corrected chi connectivity index (χ3v) is 4.66. The molecular formula is C18H17ClFNO2.